The number of alkyl halides is 1. The van der Waals surface area contributed by atoms with Gasteiger partial charge in [0.1, 0.15) is 5.82 Å². The Hall–Kier alpha value is -1.68. The summed E-state index contributed by atoms with van der Waals surface area (Å²) in [5.41, 5.74) is 1.75. The van der Waals surface area contributed by atoms with Crippen LogP contribution in [0.4, 0.5) is 4.39 Å². The Balaban J connectivity index is 1.97. The number of ketones is 1. The lowest BCUT2D eigenvalue weighted by Gasteiger charge is -2.19. The van der Waals surface area contributed by atoms with Crippen LogP contribution < -0.4 is 0 Å². The highest BCUT2D eigenvalue weighted by Gasteiger charge is 2.33. The molecule has 3 rings (SSSR count). The fourth-order valence-corrected chi connectivity index (χ4v) is 2.97. The van der Waals surface area contributed by atoms with Crippen molar-refractivity contribution in [1.29, 1.82) is 0 Å². The van der Waals surface area contributed by atoms with Crippen molar-refractivity contribution in [2.24, 2.45) is 5.92 Å². The second-order valence-corrected chi connectivity index (χ2v) is 5.65. The number of rotatable bonds is 4. The van der Waals surface area contributed by atoms with Gasteiger partial charge in [-0.1, -0.05) is 17.3 Å². The molecular weight excluding hydrogens is 293 g/mol. The third-order valence-electron chi connectivity index (χ3n) is 3.88. The van der Waals surface area contributed by atoms with E-state index >= 15 is 0 Å². The van der Waals surface area contributed by atoms with Crippen LogP contribution in [0, 0.1) is 11.7 Å². The zero-order valence-corrected chi connectivity index (χ0v) is 12.2. The van der Waals surface area contributed by atoms with Crippen LogP contribution in [0.5, 0.6) is 0 Å². The number of halogens is 2. The Morgan fingerprint density at radius 3 is 3.05 bits per heavy atom. The molecular formula is C16H15ClFNO2. The smallest absolute Gasteiger partial charge is 0.178 e. The summed E-state index contributed by atoms with van der Waals surface area (Å²) in [6.45, 7) is 0. The van der Waals surface area contributed by atoms with Gasteiger partial charge < -0.3 is 4.52 Å². The predicted octanol–water partition coefficient (Wildman–Crippen LogP) is 4.24. The molecule has 1 aromatic carbocycles. The molecule has 1 unspecified atom stereocenters. The topological polar surface area (TPSA) is 43.1 Å². The van der Waals surface area contributed by atoms with Crippen LogP contribution in [-0.2, 0) is 6.42 Å². The molecule has 0 N–H and O–H groups in total. The van der Waals surface area contributed by atoms with E-state index in [0.717, 1.165) is 19.3 Å². The monoisotopic (exact) mass is 307 g/mol. The van der Waals surface area contributed by atoms with Gasteiger partial charge in [-0.2, -0.15) is 0 Å². The van der Waals surface area contributed by atoms with E-state index in [1.54, 1.807) is 12.1 Å². The van der Waals surface area contributed by atoms with Crippen molar-refractivity contribution in [3.8, 4) is 11.3 Å². The van der Waals surface area contributed by atoms with Gasteiger partial charge in [0.15, 0.2) is 11.5 Å². The van der Waals surface area contributed by atoms with E-state index in [2.05, 4.69) is 5.16 Å². The number of nitrogens with zero attached hydrogens (tertiary/aromatic N) is 1. The van der Waals surface area contributed by atoms with Gasteiger partial charge in [0.2, 0.25) is 0 Å². The van der Waals surface area contributed by atoms with Gasteiger partial charge in [-0.05, 0) is 37.8 Å². The van der Waals surface area contributed by atoms with Gasteiger partial charge in [-0.25, -0.2) is 4.39 Å². The fourth-order valence-electron chi connectivity index (χ4n) is 2.82. The number of carbonyl (C=O) groups excluding carboxylic acids is 1. The van der Waals surface area contributed by atoms with Crippen molar-refractivity contribution < 1.29 is 13.7 Å². The molecule has 0 saturated carbocycles. The molecule has 21 heavy (non-hydrogen) atoms. The third-order valence-corrected chi connectivity index (χ3v) is 4.15. The van der Waals surface area contributed by atoms with Gasteiger partial charge in [0, 0.05) is 17.4 Å². The number of hydrogen-bond acceptors (Lipinski definition) is 3. The Morgan fingerprint density at radius 1 is 1.43 bits per heavy atom. The molecule has 1 atom stereocenters. The molecule has 1 aromatic heterocycles. The molecule has 2 aromatic rings. The Kier molecular flexibility index (Phi) is 4.06. The van der Waals surface area contributed by atoms with Crippen LogP contribution in [0.25, 0.3) is 11.3 Å². The molecule has 1 heterocycles. The highest BCUT2D eigenvalue weighted by molar-refractivity contribution is 6.17. The Bertz CT molecular complexity index is 668. The molecule has 0 saturated heterocycles. The number of fused-ring (bicyclic) bond motifs is 1. The van der Waals surface area contributed by atoms with E-state index in [4.69, 9.17) is 16.1 Å². The number of benzene rings is 1. The van der Waals surface area contributed by atoms with E-state index in [1.807, 2.05) is 0 Å². The minimum Gasteiger partial charge on any atom is -0.355 e. The molecule has 0 amide bonds. The molecule has 0 spiro atoms. The van der Waals surface area contributed by atoms with E-state index in [9.17, 15) is 9.18 Å². The second-order valence-electron chi connectivity index (χ2n) is 5.27. The molecule has 0 radical (unpaired) electrons. The number of Topliss-reactive ketones (excluding diaryl/α,β-unsaturated/α-hetero) is 1. The first-order valence-corrected chi connectivity index (χ1v) is 7.59. The van der Waals surface area contributed by atoms with Crippen molar-refractivity contribution in [2.45, 2.75) is 25.7 Å². The van der Waals surface area contributed by atoms with E-state index in [0.29, 0.717) is 34.9 Å². The van der Waals surface area contributed by atoms with Gasteiger partial charge in [-0.3, -0.25) is 4.79 Å². The lowest BCUT2D eigenvalue weighted by Crippen LogP contribution is -2.22. The Labute approximate surface area is 127 Å². The van der Waals surface area contributed by atoms with Crippen LogP contribution in [0.2, 0.25) is 0 Å². The average molecular weight is 308 g/mol. The summed E-state index contributed by atoms with van der Waals surface area (Å²) in [7, 11) is 0. The van der Waals surface area contributed by atoms with Crippen molar-refractivity contribution >= 4 is 17.4 Å². The largest absolute Gasteiger partial charge is 0.355 e. The maximum Gasteiger partial charge on any atom is 0.178 e. The van der Waals surface area contributed by atoms with Crippen molar-refractivity contribution in [3.63, 3.8) is 0 Å². The van der Waals surface area contributed by atoms with Crippen LogP contribution in [0.3, 0.4) is 0 Å². The van der Waals surface area contributed by atoms with Crippen molar-refractivity contribution in [2.75, 3.05) is 5.88 Å². The van der Waals surface area contributed by atoms with Crippen LogP contribution >= 0.6 is 11.6 Å². The minimum atomic E-state index is -0.361. The maximum atomic E-state index is 13.4. The molecule has 0 bridgehead atoms. The lowest BCUT2D eigenvalue weighted by molar-refractivity contribution is 0.0895. The molecule has 5 heteroatoms. The number of aryl methyl sites for hydroxylation is 1. The van der Waals surface area contributed by atoms with Crippen molar-refractivity contribution in [3.05, 3.63) is 41.3 Å². The highest BCUT2D eigenvalue weighted by atomic mass is 35.5. The van der Waals surface area contributed by atoms with Crippen LogP contribution in [0.1, 0.15) is 35.3 Å². The number of aromatic nitrogens is 1. The summed E-state index contributed by atoms with van der Waals surface area (Å²) in [4.78, 5) is 12.6. The normalized spacial score (nSPS) is 17.8. The van der Waals surface area contributed by atoms with E-state index < -0.39 is 0 Å². The van der Waals surface area contributed by atoms with Crippen LogP contribution in [-0.4, -0.2) is 16.8 Å². The first kappa shape index (κ1) is 14.3. The summed E-state index contributed by atoms with van der Waals surface area (Å²) in [5, 5.41) is 3.98. The van der Waals surface area contributed by atoms with Crippen LogP contribution in [0.15, 0.2) is 28.8 Å². The quantitative estimate of drug-likeness (QED) is 0.793. The highest BCUT2D eigenvalue weighted by Crippen LogP contribution is 2.35. The zero-order valence-electron chi connectivity index (χ0n) is 11.4. The lowest BCUT2D eigenvalue weighted by atomic mass is 9.82. The first-order valence-electron chi connectivity index (χ1n) is 7.05. The van der Waals surface area contributed by atoms with Gasteiger partial charge in [0.05, 0.1) is 11.3 Å². The number of carbonyl (C=O) groups is 1. The molecule has 3 nitrogen and oxygen atoms in total. The summed E-state index contributed by atoms with van der Waals surface area (Å²) in [6.07, 6.45) is 3.08. The van der Waals surface area contributed by atoms with Gasteiger partial charge in [0.25, 0.3) is 0 Å². The molecule has 1 aliphatic rings. The third kappa shape index (κ3) is 2.72. The summed E-state index contributed by atoms with van der Waals surface area (Å²) in [5.74, 6) is 0.575. The first-order chi connectivity index (χ1) is 10.2. The van der Waals surface area contributed by atoms with E-state index in [1.165, 1.54) is 12.1 Å². The maximum absolute atomic E-state index is 13.4. The SMILES string of the molecule is O=C1c2c(noc2-c2cccc(F)c2)CCC1CCCCl. The van der Waals surface area contributed by atoms with Gasteiger partial charge in [-0.15, -0.1) is 11.6 Å². The van der Waals surface area contributed by atoms with Gasteiger partial charge >= 0.3 is 0 Å². The molecule has 0 aliphatic heterocycles. The second kappa shape index (κ2) is 5.98. The summed E-state index contributed by atoms with van der Waals surface area (Å²) < 4.78 is 18.7. The minimum absolute atomic E-state index is 0.0389. The zero-order chi connectivity index (χ0) is 14.8. The predicted molar refractivity (Wildman–Crippen MR) is 78.0 cm³/mol. The average Bonchev–Trinajstić information content (AvgIpc) is 2.91. The summed E-state index contributed by atoms with van der Waals surface area (Å²) >= 11 is 5.71. The Morgan fingerprint density at radius 2 is 2.29 bits per heavy atom. The molecule has 110 valence electrons. The number of hydrogen-bond donors (Lipinski definition) is 0. The standard InChI is InChI=1S/C16H15ClFNO2/c17-8-2-4-10-6-7-13-14(15(10)20)16(21-19-13)11-3-1-5-12(18)9-11/h1,3,5,9-10H,2,4,6-8H2. The fraction of sp³-hybridized carbons (Fsp3) is 0.375. The van der Waals surface area contributed by atoms with Crippen molar-refractivity contribution in [1.82, 2.24) is 5.16 Å². The van der Waals surface area contributed by atoms with E-state index in [-0.39, 0.29) is 17.5 Å². The molecule has 0 fully saturated rings. The molecule has 1 aliphatic carbocycles. The summed E-state index contributed by atoms with van der Waals surface area (Å²) in [6, 6.07) is 6.03.